The van der Waals surface area contributed by atoms with Crippen LogP contribution in [0.3, 0.4) is 0 Å². The standard InChI is InChI=1S/C42H46N2O20S6/c1-41(2)36(43(17-8-20-66(49,50)51)33-14-12-27-22-28(64-26-45)23-35(70(61,62)63)38(27)40(33)41)10-5-4-6-11-37-42(3,16-7-19-65(46,47)48)39-31-24-29(68(55,56)57)25-34(69(58,59)60)30(31)13-15-32(39)44(37)18-9-21-67(52,53)54/h4-6,10-15,22-26H,7-9,16-21H2,1-3H3,(H5-,46,47,48,49,50,51,52,53,54,55,56,57,58,59,60,61,62,63)/p+1. The fraction of sp³-hybridized carbons (Fsp3) is 0.333. The second kappa shape index (κ2) is 19.2. The summed E-state index contributed by atoms with van der Waals surface area (Å²) in [7, 11) is -28.8. The lowest BCUT2D eigenvalue weighted by atomic mass is 9.75. The van der Waals surface area contributed by atoms with E-state index in [0.717, 1.165) is 12.1 Å². The van der Waals surface area contributed by atoms with Crippen molar-refractivity contribution in [2.24, 2.45) is 0 Å². The largest absolute Gasteiger partial charge is 0.429 e. The highest BCUT2D eigenvalue weighted by Gasteiger charge is 2.47. The molecule has 6 rings (SSSR count). The van der Waals surface area contributed by atoms with E-state index in [1.807, 2.05) is 0 Å². The van der Waals surface area contributed by atoms with Gasteiger partial charge >= 0.3 is 0 Å². The van der Waals surface area contributed by atoms with Gasteiger partial charge in [-0.15, -0.1) is 0 Å². The first kappa shape index (κ1) is 54.4. The molecule has 4 aromatic rings. The molecule has 1 atom stereocenters. The van der Waals surface area contributed by atoms with Crippen molar-refractivity contribution in [3.05, 3.63) is 95.7 Å². The number of nitrogens with zero attached hydrogens (tertiary/aromatic N) is 2. The van der Waals surface area contributed by atoms with Crippen molar-refractivity contribution in [3.63, 3.8) is 0 Å². The van der Waals surface area contributed by atoms with Crippen LogP contribution in [0.4, 0.5) is 11.4 Å². The normalized spacial score (nSPS) is 18.5. The molecule has 380 valence electrons. The first-order valence-electron chi connectivity index (χ1n) is 20.7. The Morgan fingerprint density at radius 1 is 0.643 bits per heavy atom. The number of benzene rings is 4. The highest BCUT2D eigenvalue weighted by atomic mass is 32.2. The summed E-state index contributed by atoms with van der Waals surface area (Å²) in [6.07, 6.45) is 6.96. The van der Waals surface area contributed by atoms with Crippen LogP contribution in [-0.2, 0) is 76.3 Å². The molecule has 0 saturated carbocycles. The van der Waals surface area contributed by atoms with E-state index in [4.69, 9.17) is 4.74 Å². The van der Waals surface area contributed by atoms with Gasteiger partial charge < -0.3 is 9.64 Å². The van der Waals surface area contributed by atoms with E-state index in [1.54, 1.807) is 48.5 Å². The Morgan fingerprint density at radius 2 is 1.26 bits per heavy atom. The van der Waals surface area contributed by atoms with Crippen molar-refractivity contribution in [1.82, 2.24) is 0 Å². The zero-order chi connectivity index (χ0) is 52.2. The van der Waals surface area contributed by atoms with Crippen LogP contribution < -0.4 is 9.64 Å². The SMILES string of the molecule is CC1(C)C(/C=C/C=C/C=C2/N(CCCS(=O)(=O)O)c3ccc4c(S(=O)(=O)O)cc(S(=O)(=O)O)cc4c3C2(C)CCCS(=O)(=O)O)=[N+](CCCS(=O)(=O)O)c2ccc3cc(OC=O)cc(S(=O)(=O)O)c3c21. The van der Waals surface area contributed by atoms with Crippen molar-refractivity contribution in [3.8, 4) is 5.75 Å². The van der Waals surface area contributed by atoms with Gasteiger partial charge in [0, 0.05) is 64.3 Å². The lowest BCUT2D eigenvalue weighted by Gasteiger charge is -2.31. The molecule has 4 aromatic carbocycles. The van der Waals surface area contributed by atoms with Gasteiger partial charge in [0.1, 0.15) is 22.1 Å². The van der Waals surface area contributed by atoms with Gasteiger partial charge in [0.25, 0.3) is 67.2 Å². The number of hydrogen-bond acceptors (Lipinski definition) is 15. The smallest absolute Gasteiger partial charge is 0.298 e. The number of allylic oxidation sites excluding steroid dienone is 6. The number of hydrogen-bond donors (Lipinski definition) is 6. The van der Waals surface area contributed by atoms with Crippen LogP contribution in [-0.4, -0.2) is 125 Å². The zero-order valence-corrected chi connectivity index (χ0v) is 42.1. The average molecular weight is 1090 g/mol. The molecule has 0 saturated heterocycles. The van der Waals surface area contributed by atoms with E-state index in [0.29, 0.717) is 23.0 Å². The Balaban J connectivity index is 1.55. The van der Waals surface area contributed by atoms with E-state index in [1.165, 1.54) is 42.5 Å². The maximum Gasteiger partial charge on any atom is 0.298 e. The van der Waals surface area contributed by atoms with Gasteiger partial charge in [-0.05, 0) is 92.8 Å². The van der Waals surface area contributed by atoms with Crippen LogP contribution >= 0.6 is 0 Å². The molecule has 0 bridgehead atoms. The molecular formula is C42H47N2O20S6+. The minimum atomic E-state index is -5.18. The summed E-state index contributed by atoms with van der Waals surface area (Å²) in [5, 5.41) is -0.0260. The lowest BCUT2D eigenvalue weighted by molar-refractivity contribution is -0.437. The molecule has 70 heavy (non-hydrogen) atoms. The van der Waals surface area contributed by atoms with Gasteiger partial charge in [0.15, 0.2) is 5.71 Å². The van der Waals surface area contributed by atoms with E-state index in [2.05, 4.69) is 0 Å². The van der Waals surface area contributed by atoms with Gasteiger partial charge in [-0.2, -0.15) is 55.1 Å². The summed E-state index contributed by atoms with van der Waals surface area (Å²) in [6, 6.07) is 9.63. The monoisotopic (exact) mass is 1090 g/mol. The first-order valence-corrected chi connectivity index (χ1v) is 29.8. The molecule has 0 fully saturated rings. The molecule has 0 aliphatic carbocycles. The van der Waals surface area contributed by atoms with Gasteiger partial charge in [-0.25, -0.2) is 0 Å². The summed E-state index contributed by atoms with van der Waals surface area (Å²) >= 11 is 0. The zero-order valence-electron chi connectivity index (χ0n) is 37.2. The predicted octanol–water partition coefficient (Wildman–Crippen LogP) is 4.64. The van der Waals surface area contributed by atoms with Gasteiger partial charge in [-0.3, -0.25) is 32.1 Å². The van der Waals surface area contributed by atoms with Crippen molar-refractivity contribution >= 4 is 106 Å². The van der Waals surface area contributed by atoms with E-state index >= 15 is 0 Å². The molecule has 0 spiro atoms. The molecule has 0 amide bonds. The summed E-state index contributed by atoms with van der Waals surface area (Å²) < 4.78 is 213. The van der Waals surface area contributed by atoms with Crippen LogP contribution in [0.5, 0.6) is 5.75 Å². The van der Waals surface area contributed by atoms with Gasteiger partial charge in [0.05, 0.1) is 27.6 Å². The van der Waals surface area contributed by atoms with Crippen molar-refractivity contribution in [2.75, 3.05) is 35.2 Å². The third-order valence-electron chi connectivity index (χ3n) is 12.0. The maximum absolute atomic E-state index is 12.9. The molecule has 2 heterocycles. The summed E-state index contributed by atoms with van der Waals surface area (Å²) in [5.74, 6) is -2.33. The molecule has 1 unspecified atom stereocenters. The van der Waals surface area contributed by atoms with E-state index in [9.17, 15) is 82.6 Å². The van der Waals surface area contributed by atoms with Crippen LogP contribution in [0, 0.1) is 0 Å². The Labute approximate surface area is 404 Å². The molecule has 2 aliphatic rings. The predicted molar refractivity (Wildman–Crippen MR) is 256 cm³/mol. The number of anilines is 1. The third kappa shape index (κ3) is 11.7. The van der Waals surface area contributed by atoms with Crippen LogP contribution in [0.1, 0.15) is 57.6 Å². The average Bonchev–Trinajstić information content (AvgIpc) is 3.56. The molecule has 0 aromatic heterocycles. The molecular weight excluding hydrogens is 1040 g/mol. The van der Waals surface area contributed by atoms with E-state index < -0.39 is 103 Å². The minimum Gasteiger partial charge on any atom is -0.429 e. The summed E-state index contributed by atoms with van der Waals surface area (Å²) in [5.41, 5.74) is -0.693. The van der Waals surface area contributed by atoms with Crippen molar-refractivity contribution in [1.29, 1.82) is 0 Å². The highest BCUT2D eigenvalue weighted by molar-refractivity contribution is 7.87. The Kier molecular flexibility index (Phi) is 14.9. The fourth-order valence-electron chi connectivity index (χ4n) is 9.34. The summed E-state index contributed by atoms with van der Waals surface area (Å²) in [6.45, 7) is 4.91. The fourth-order valence-corrected chi connectivity index (χ4v) is 12.9. The number of carbonyl (C=O) groups is 1. The van der Waals surface area contributed by atoms with Gasteiger partial charge in [0.2, 0.25) is 5.69 Å². The topological polar surface area (TPSA) is 359 Å². The molecule has 28 heteroatoms. The lowest BCUT2D eigenvalue weighted by Crippen LogP contribution is -2.30. The molecule has 6 N–H and O–H groups in total. The highest BCUT2D eigenvalue weighted by Crippen LogP contribution is 2.54. The third-order valence-corrected chi connectivity index (χ3v) is 17.1. The Hall–Kier alpha value is -4.98. The van der Waals surface area contributed by atoms with Crippen molar-refractivity contribution < 1.29 is 91.9 Å². The molecule has 22 nitrogen and oxygen atoms in total. The van der Waals surface area contributed by atoms with E-state index in [-0.39, 0.29) is 89.5 Å². The number of rotatable bonds is 20. The van der Waals surface area contributed by atoms with Crippen LogP contribution in [0.2, 0.25) is 0 Å². The Bertz CT molecular complexity index is 3680. The number of fused-ring (bicyclic) bond motifs is 6. The van der Waals surface area contributed by atoms with Crippen LogP contribution in [0.15, 0.2) is 99.3 Å². The number of carbonyl (C=O) groups excluding carboxylic acids is 1. The summed E-state index contributed by atoms with van der Waals surface area (Å²) in [4.78, 5) is 10.3. The number of ether oxygens (including phenoxy) is 1. The second-order valence-electron chi connectivity index (χ2n) is 17.2. The second-order valence-corrected chi connectivity index (χ2v) is 26.1. The quantitative estimate of drug-likeness (QED) is 0.0304. The first-order chi connectivity index (χ1) is 32.1. The van der Waals surface area contributed by atoms with Gasteiger partial charge in [-0.1, -0.05) is 24.3 Å². The minimum absolute atomic E-state index is 0.0338. The van der Waals surface area contributed by atoms with Crippen LogP contribution in [0.25, 0.3) is 21.5 Å². The molecule has 0 radical (unpaired) electrons. The molecule has 2 aliphatic heterocycles. The van der Waals surface area contributed by atoms with Crippen molar-refractivity contribution in [2.45, 2.75) is 72.0 Å². The maximum atomic E-state index is 12.9. The Morgan fingerprint density at radius 3 is 1.84 bits per heavy atom.